The van der Waals surface area contributed by atoms with E-state index in [-0.39, 0.29) is 27.5 Å². The average molecular weight is 547 g/mol. The first-order chi connectivity index (χ1) is 18.4. The summed E-state index contributed by atoms with van der Waals surface area (Å²) in [6, 6.07) is 16.9. The van der Waals surface area contributed by atoms with Crippen molar-refractivity contribution in [3.8, 4) is 39.1 Å². The molecule has 0 fully saturated rings. The van der Waals surface area contributed by atoms with E-state index in [4.69, 9.17) is 27.9 Å². The first-order valence-corrected chi connectivity index (χ1v) is 12.0. The number of carbonyl (C=O) groups is 2. The summed E-state index contributed by atoms with van der Waals surface area (Å²) in [6.07, 6.45) is 3.75. The predicted molar refractivity (Wildman–Crippen MR) is 145 cm³/mol. The number of ether oxygens (including phenoxy) is 1. The highest BCUT2D eigenvalue weighted by atomic mass is 35.5. The summed E-state index contributed by atoms with van der Waals surface area (Å²) >= 11 is 13.7. The molecule has 0 amide bonds. The van der Waals surface area contributed by atoms with Gasteiger partial charge in [-0.15, -0.1) is 0 Å². The van der Waals surface area contributed by atoms with Crippen molar-refractivity contribution in [3.63, 3.8) is 0 Å². The molecule has 188 valence electrons. The maximum atomic E-state index is 15.3. The molecule has 5 aromatic rings. The van der Waals surface area contributed by atoms with Crippen LogP contribution in [0.25, 0.3) is 39.0 Å². The number of aromatic nitrogens is 2. The quantitative estimate of drug-likeness (QED) is 0.219. The number of rotatable bonds is 6. The second-order valence-corrected chi connectivity index (χ2v) is 9.04. The van der Waals surface area contributed by atoms with E-state index in [0.717, 1.165) is 0 Å². The van der Waals surface area contributed by atoms with Gasteiger partial charge in [0.1, 0.15) is 5.65 Å². The first kappa shape index (κ1) is 25.3. The zero-order valence-corrected chi connectivity index (χ0v) is 21.3. The van der Waals surface area contributed by atoms with Gasteiger partial charge in [0.2, 0.25) is 0 Å². The summed E-state index contributed by atoms with van der Waals surface area (Å²) < 4.78 is 21.7. The molecular formula is C29H17Cl2FN2O4. The summed E-state index contributed by atoms with van der Waals surface area (Å²) in [4.78, 5) is 39.0. The normalized spacial score (nSPS) is 10.9. The number of aldehydes is 2. The van der Waals surface area contributed by atoms with Gasteiger partial charge >= 0.3 is 0 Å². The molecular weight excluding hydrogens is 530 g/mol. The molecule has 9 heteroatoms. The molecule has 0 unspecified atom stereocenters. The fourth-order valence-electron chi connectivity index (χ4n) is 4.33. The van der Waals surface area contributed by atoms with Gasteiger partial charge in [-0.2, -0.15) is 0 Å². The van der Waals surface area contributed by atoms with E-state index in [2.05, 4.69) is 4.98 Å². The van der Waals surface area contributed by atoms with Crippen LogP contribution in [0.3, 0.4) is 0 Å². The number of hydrogen-bond donors (Lipinski definition) is 0. The Kier molecular flexibility index (Phi) is 6.80. The van der Waals surface area contributed by atoms with Gasteiger partial charge in [0.25, 0.3) is 5.56 Å². The van der Waals surface area contributed by atoms with Crippen molar-refractivity contribution in [1.82, 2.24) is 9.38 Å². The number of hydrogen-bond acceptors (Lipinski definition) is 5. The minimum Gasteiger partial charge on any atom is -0.493 e. The number of pyridine rings is 1. The van der Waals surface area contributed by atoms with E-state index in [0.29, 0.717) is 51.1 Å². The van der Waals surface area contributed by atoms with Gasteiger partial charge in [-0.1, -0.05) is 65.7 Å². The largest absolute Gasteiger partial charge is 0.493 e. The van der Waals surface area contributed by atoms with Crippen LogP contribution >= 0.6 is 23.2 Å². The topological polar surface area (TPSA) is 77.7 Å². The minimum atomic E-state index is -0.701. The van der Waals surface area contributed by atoms with Crippen LogP contribution < -0.4 is 10.3 Å². The summed E-state index contributed by atoms with van der Waals surface area (Å²) in [5, 5.41) is 0.650. The molecule has 0 atom stereocenters. The van der Waals surface area contributed by atoms with Gasteiger partial charge in [0.05, 0.1) is 28.3 Å². The summed E-state index contributed by atoms with van der Waals surface area (Å²) in [6.45, 7) is 0. The molecule has 0 saturated carbocycles. The van der Waals surface area contributed by atoms with Gasteiger partial charge in [-0.25, -0.2) is 9.37 Å². The smallest absolute Gasteiger partial charge is 0.268 e. The predicted octanol–water partition coefficient (Wildman–Crippen LogP) is 6.78. The Balaban J connectivity index is 1.64. The molecule has 2 heterocycles. The zero-order chi connectivity index (χ0) is 27.0. The average Bonchev–Trinajstić information content (AvgIpc) is 2.93. The molecule has 38 heavy (non-hydrogen) atoms. The molecule has 0 bridgehead atoms. The molecule has 0 N–H and O–H groups in total. The number of carbonyl (C=O) groups excluding carboxylic acids is 2. The van der Waals surface area contributed by atoms with Crippen molar-refractivity contribution < 1.29 is 18.7 Å². The van der Waals surface area contributed by atoms with E-state index in [1.807, 2.05) is 6.07 Å². The summed E-state index contributed by atoms with van der Waals surface area (Å²) in [7, 11) is 1.29. The molecule has 0 radical (unpaired) electrons. The van der Waals surface area contributed by atoms with E-state index in [1.165, 1.54) is 36.0 Å². The Hall–Kier alpha value is -4.33. The molecule has 0 saturated heterocycles. The van der Waals surface area contributed by atoms with Crippen molar-refractivity contribution in [2.45, 2.75) is 0 Å². The van der Waals surface area contributed by atoms with Crippen LogP contribution in [-0.2, 0) is 0 Å². The highest BCUT2D eigenvalue weighted by Gasteiger charge is 2.20. The number of fused-ring (bicyclic) bond motifs is 1. The van der Waals surface area contributed by atoms with Crippen LogP contribution in [0.1, 0.15) is 20.7 Å². The fourth-order valence-corrected chi connectivity index (χ4v) is 4.99. The third kappa shape index (κ3) is 4.16. The van der Waals surface area contributed by atoms with E-state index in [9.17, 15) is 14.4 Å². The van der Waals surface area contributed by atoms with E-state index >= 15 is 4.39 Å². The zero-order valence-electron chi connectivity index (χ0n) is 19.7. The molecule has 0 aliphatic rings. The second kappa shape index (κ2) is 10.2. The van der Waals surface area contributed by atoms with Crippen molar-refractivity contribution >= 4 is 41.4 Å². The van der Waals surface area contributed by atoms with Crippen molar-refractivity contribution in [1.29, 1.82) is 0 Å². The maximum absolute atomic E-state index is 15.3. The Morgan fingerprint density at radius 3 is 2.08 bits per heavy atom. The molecule has 3 aromatic carbocycles. The SMILES string of the molecule is COc1c(C=O)ccc(-c2cccc(-c3cccc(-c4ccn5c(=O)c(C=O)cnc5c4)c3Cl)c2Cl)c1F. The van der Waals surface area contributed by atoms with E-state index in [1.54, 1.807) is 42.5 Å². The number of nitrogens with zero attached hydrogens (tertiary/aromatic N) is 2. The highest BCUT2D eigenvalue weighted by Crippen LogP contribution is 2.43. The first-order valence-electron chi connectivity index (χ1n) is 11.3. The molecule has 0 aliphatic heterocycles. The second-order valence-electron chi connectivity index (χ2n) is 8.28. The van der Waals surface area contributed by atoms with Crippen LogP contribution in [0.4, 0.5) is 4.39 Å². The lowest BCUT2D eigenvalue weighted by Gasteiger charge is -2.16. The Bertz CT molecular complexity index is 1820. The van der Waals surface area contributed by atoms with Crippen LogP contribution in [0.5, 0.6) is 5.75 Å². The summed E-state index contributed by atoms with van der Waals surface area (Å²) in [5.41, 5.74) is 3.03. The van der Waals surface area contributed by atoms with Crippen LogP contribution in [0, 0.1) is 5.82 Å². The Labute approximate surface area is 225 Å². The molecule has 5 rings (SSSR count). The fraction of sp³-hybridized carbons (Fsp3) is 0.0345. The monoisotopic (exact) mass is 546 g/mol. The number of methoxy groups -OCH3 is 1. The lowest BCUT2D eigenvalue weighted by molar-refractivity contribution is 0.111. The van der Waals surface area contributed by atoms with Gasteiger partial charge in [0, 0.05) is 40.2 Å². The highest BCUT2D eigenvalue weighted by molar-refractivity contribution is 6.39. The standard InChI is InChI=1S/C29H17Cl2FN2O4/c1-38-28-17(14-35)8-9-23(27(28)32)22-7-3-6-21(26(22)31)20-5-2-4-19(25(20)30)16-10-11-34-24(12-16)33-13-18(15-36)29(34)37/h2-15H,1H3. The molecule has 2 aromatic heterocycles. The Morgan fingerprint density at radius 2 is 1.45 bits per heavy atom. The van der Waals surface area contributed by atoms with Crippen molar-refractivity contribution in [3.05, 3.63) is 110 Å². The minimum absolute atomic E-state index is 0.0420. The number of halogens is 3. The Morgan fingerprint density at radius 1 is 0.842 bits per heavy atom. The van der Waals surface area contributed by atoms with Crippen molar-refractivity contribution in [2.75, 3.05) is 7.11 Å². The van der Waals surface area contributed by atoms with E-state index < -0.39 is 11.4 Å². The van der Waals surface area contributed by atoms with Gasteiger partial charge in [0.15, 0.2) is 24.1 Å². The lowest BCUT2D eigenvalue weighted by atomic mass is 9.95. The van der Waals surface area contributed by atoms with Crippen LogP contribution in [0.2, 0.25) is 10.0 Å². The summed E-state index contributed by atoms with van der Waals surface area (Å²) in [5.74, 6) is -0.865. The number of benzene rings is 3. The third-order valence-electron chi connectivity index (χ3n) is 6.21. The molecule has 0 spiro atoms. The van der Waals surface area contributed by atoms with Crippen LogP contribution in [0.15, 0.2) is 77.9 Å². The molecule has 0 aliphatic carbocycles. The van der Waals surface area contributed by atoms with Crippen LogP contribution in [-0.4, -0.2) is 29.1 Å². The van der Waals surface area contributed by atoms with Gasteiger partial charge in [-0.3, -0.25) is 18.8 Å². The molecule has 6 nitrogen and oxygen atoms in total. The third-order valence-corrected chi connectivity index (χ3v) is 7.03. The van der Waals surface area contributed by atoms with Gasteiger partial charge in [-0.05, 0) is 23.8 Å². The van der Waals surface area contributed by atoms with Gasteiger partial charge < -0.3 is 4.74 Å². The lowest BCUT2D eigenvalue weighted by Crippen LogP contribution is -2.18. The maximum Gasteiger partial charge on any atom is 0.268 e. The van der Waals surface area contributed by atoms with Crippen molar-refractivity contribution in [2.24, 2.45) is 0 Å².